The molecule has 8 nitrogen and oxygen atoms in total. The van der Waals surface area contributed by atoms with Gasteiger partial charge in [0.25, 0.3) is 0 Å². The van der Waals surface area contributed by atoms with Crippen molar-refractivity contribution in [2.45, 2.75) is 13.0 Å². The summed E-state index contributed by atoms with van der Waals surface area (Å²) in [6.45, 7) is 1.54. The van der Waals surface area contributed by atoms with Gasteiger partial charge in [-0.2, -0.15) is 10.1 Å². The largest absolute Gasteiger partial charge is 0.496 e. The third-order valence-electron chi connectivity index (χ3n) is 4.34. The summed E-state index contributed by atoms with van der Waals surface area (Å²) in [5.41, 5.74) is 2.19. The van der Waals surface area contributed by atoms with Crippen LogP contribution in [0.1, 0.15) is 11.1 Å². The van der Waals surface area contributed by atoms with E-state index in [4.69, 9.17) is 14.2 Å². The van der Waals surface area contributed by atoms with Gasteiger partial charge in [-0.25, -0.2) is 0 Å². The van der Waals surface area contributed by atoms with Crippen LogP contribution in [0.3, 0.4) is 0 Å². The van der Waals surface area contributed by atoms with Gasteiger partial charge in [0.05, 0.1) is 13.3 Å². The lowest BCUT2D eigenvalue weighted by Gasteiger charge is -2.10. The molecular weight excluding hydrogens is 358 g/mol. The van der Waals surface area contributed by atoms with Crippen molar-refractivity contribution in [2.75, 3.05) is 31.1 Å². The van der Waals surface area contributed by atoms with Crippen LogP contribution in [0, 0.1) is 0 Å². The molecule has 0 saturated carbocycles. The van der Waals surface area contributed by atoms with Crippen molar-refractivity contribution in [1.29, 1.82) is 0 Å². The zero-order valence-corrected chi connectivity index (χ0v) is 15.5. The molecular formula is C20H21N5O3. The molecule has 0 amide bonds. The molecule has 1 aliphatic heterocycles. The van der Waals surface area contributed by atoms with E-state index in [0.29, 0.717) is 24.9 Å². The number of rotatable bonds is 8. The molecule has 0 atom stereocenters. The molecule has 2 N–H and O–H groups in total. The van der Waals surface area contributed by atoms with Gasteiger partial charge in [-0.1, -0.05) is 24.3 Å². The number of nitrogens with one attached hydrogen (secondary N) is 2. The molecule has 0 aliphatic carbocycles. The van der Waals surface area contributed by atoms with Crippen molar-refractivity contribution in [2.24, 2.45) is 0 Å². The Bertz CT molecular complexity index is 951. The van der Waals surface area contributed by atoms with Crippen molar-refractivity contribution >= 4 is 11.8 Å². The first-order valence-corrected chi connectivity index (χ1v) is 9.00. The van der Waals surface area contributed by atoms with Gasteiger partial charge in [-0.05, 0) is 35.7 Å². The van der Waals surface area contributed by atoms with Crippen LogP contribution in [0.5, 0.6) is 17.2 Å². The summed E-state index contributed by atoms with van der Waals surface area (Å²) >= 11 is 0. The van der Waals surface area contributed by atoms with Crippen molar-refractivity contribution < 1.29 is 14.2 Å². The second-order valence-electron chi connectivity index (χ2n) is 6.20. The Labute approximate surface area is 162 Å². The highest BCUT2D eigenvalue weighted by Crippen LogP contribution is 2.32. The van der Waals surface area contributed by atoms with Crippen molar-refractivity contribution in [3.63, 3.8) is 0 Å². The number of fused-ring (bicyclic) bond motifs is 1. The topological polar surface area (TPSA) is 90.4 Å². The lowest BCUT2D eigenvalue weighted by molar-refractivity contribution is 0.174. The van der Waals surface area contributed by atoms with E-state index < -0.39 is 0 Å². The summed E-state index contributed by atoms with van der Waals surface area (Å²) in [6.07, 6.45) is 2.39. The quantitative estimate of drug-likeness (QED) is 0.617. The number of aromatic nitrogens is 3. The fourth-order valence-electron chi connectivity index (χ4n) is 2.93. The van der Waals surface area contributed by atoms with Crippen LogP contribution in [0.4, 0.5) is 11.8 Å². The van der Waals surface area contributed by atoms with Crippen LogP contribution in [-0.2, 0) is 13.0 Å². The third kappa shape index (κ3) is 4.22. The van der Waals surface area contributed by atoms with Gasteiger partial charge >= 0.3 is 0 Å². The number of ether oxygens (including phenoxy) is 3. The summed E-state index contributed by atoms with van der Waals surface area (Å²) in [5, 5.41) is 14.5. The second kappa shape index (κ2) is 8.43. The molecule has 4 rings (SSSR count). The van der Waals surface area contributed by atoms with Crippen LogP contribution in [0.2, 0.25) is 0 Å². The van der Waals surface area contributed by atoms with Gasteiger partial charge < -0.3 is 24.8 Å². The number of hydrogen-bond donors (Lipinski definition) is 2. The minimum absolute atomic E-state index is 0.270. The summed E-state index contributed by atoms with van der Waals surface area (Å²) in [4.78, 5) is 4.45. The number of anilines is 2. The predicted molar refractivity (Wildman–Crippen MR) is 105 cm³/mol. The molecule has 0 bridgehead atoms. The van der Waals surface area contributed by atoms with Crippen molar-refractivity contribution in [1.82, 2.24) is 15.2 Å². The predicted octanol–water partition coefficient (Wildman–Crippen LogP) is 2.88. The molecule has 0 fully saturated rings. The zero-order chi connectivity index (χ0) is 19.2. The Morgan fingerprint density at radius 1 is 1.07 bits per heavy atom. The molecule has 8 heteroatoms. The van der Waals surface area contributed by atoms with Crippen LogP contribution in [-0.4, -0.2) is 35.6 Å². The molecule has 0 unspecified atom stereocenters. The fraction of sp³-hybridized carbons (Fsp3) is 0.250. The van der Waals surface area contributed by atoms with Crippen molar-refractivity contribution in [3.05, 3.63) is 59.8 Å². The molecule has 0 radical (unpaired) electrons. The molecule has 1 aromatic heterocycles. The monoisotopic (exact) mass is 379 g/mol. The Hall–Kier alpha value is -3.55. The van der Waals surface area contributed by atoms with Crippen LogP contribution in [0.25, 0.3) is 0 Å². The maximum absolute atomic E-state index is 5.40. The Kier molecular flexibility index (Phi) is 5.37. The van der Waals surface area contributed by atoms with Crippen LogP contribution >= 0.6 is 0 Å². The van der Waals surface area contributed by atoms with E-state index in [1.807, 2.05) is 42.5 Å². The normalized spacial score (nSPS) is 11.9. The zero-order valence-electron chi connectivity index (χ0n) is 15.5. The van der Waals surface area contributed by atoms with E-state index in [2.05, 4.69) is 25.8 Å². The average Bonchev–Trinajstić information content (AvgIpc) is 3.21. The molecule has 144 valence electrons. The molecule has 0 spiro atoms. The minimum Gasteiger partial charge on any atom is -0.496 e. The molecule has 0 saturated heterocycles. The van der Waals surface area contributed by atoms with E-state index in [1.165, 1.54) is 0 Å². The Balaban J connectivity index is 1.31. The molecule has 2 heterocycles. The first kappa shape index (κ1) is 17.8. The second-order valence-corrected chi connectivity index (χ2v) is 6.20. The summed E-state index contributed by atoms with van der Waals surface area (Å²) < 4.78 is 16.1. The smallest absolute Gasteiger partial charge is 0.244 e. The van der Waals surface area contributed by atoms with Crippen molar-refractivity contribution in [3.8, 4) is 17.2 Å². The van der Waals surface area contributed by atoms with Crippen LogP contribution < -0.4 is 24.8 Å². The summed E-state index contributed by atoms with van der Waals surface area (Å²) in [5.74, 6) is 3.54. The molecule has 28 heavy (non-hydrogen) atoms. The molecule has 2 aromatic carbocycles. The van der Waals surface area contributed by atoms with E-state index in [-0.39, 0.29) is 6.79 Å². The fourth-order valence-corrected chi connectivity index (χ4v) is 2.93. The highest BCUT2D eigenvalue weighted by molar-refractivity contribution is 5.46. The number of nitrogens with zero attached hydrogens (tertiary/aromatic N) is 3. The maximum atomic E-state index is 5.40. The maximum Gasteiger partial charge on any atom is 0.244 e. The van der Waals surface area contributed by atoms with Gasteiger partial charge in [-0.3, -0.25) is 0 Å². The number of benzene rings is 2. The van der Waals surface area contributed by atoms with E-state index in [1.54, 1.807) is 13.3 Å². The first-order valence-electron chi connectivity index (χ1n) is 9.00. The first-order chi connectivity index (χ1) is 13.8. The van der Waals surface area contributed by atoms with Gasteiger partial charge in [0.1, 0.15) is 5.75 Å². The van der Waals surface area contributed by atoms with Gasteiger partial charge in [0.2, 0.25) is 12.7 Å². The molecule has 1 aliphatic rings. The lowest BCUT2D eigenvalue weighted by atomic mass is 10.1. The van der Waals surface area contributed by atoms with E-state index >= 15 is 0 Å². The van der Waals surface area contributed by atoms with Crippen LogP contribution in [0.15, 0.2) is 48.7 Å². The third-order valence-corrected chi connectivity index (χ3v) is 4.34. The summed E-state index contributed by atoms with van der Waals surface area (Å²) in [7, 11) is 1.68. The Morgan fingerprint density at radius 2 is 1.96 bits per heavy atom. The minimum atomic E-state index is 0.270. The summed E-state index contributed by atoms with van der Waals surface area (Å²) in [6, 6.07) is 13.8. The van der Waals surface area contributed by atoms with E-state index in [9.17, 15) is 0 Å². The standard InChI is InChI=1S/C20H21N5O3/c1-26-16-5-3-2-4-15(16)8-9-21-20-24-19(12-23-25-20)22-11-14-6-7-17-18(10-14)28-13-27-17/h2-7,10,12H,8-9,11,13H2,1H3,(H2,21,22,24,25). The molecule has 3 aromatic rings. The average molecular weight is 379 g/mol. The van der Waals surface area contributed by atoms with Gasteiger partial charge in [-0.15, -0.1) is 5.10 Å². The number of methoxy groups -OCH3 is 1. The van der Waals surface area contributed by atoms with Gasteiger partial charge in [0.15, 0.2) is 17.3 Å². The lowest BCUT2D eigenvalue weighted by Crippen LogP contribution is -2.11. The SMILES string of the molecule is COc1ccccc1CCNc1nncc(NCc2ccc3c(c2)OCO3)n1. The highest BCUT2D eigenvalue weighted by Gasteiger charge is 2.13. The van der Waals surface area contributed by atoms with E-state index in [0.717, 1.165) is 34.8 Å². The highest BCUT2D eigenvalue weighted by atomic mass is 16.7. The number of hydrogen-bond acceptors (Lipinski definition) is 8. The Morgan fingerprint density at radius 3 is 2.89 bits per heavy atom. The number of para-hydroxylation sites is 1. The van der Waals surface area contributed by atoms with Gasteiger partial charge in [0, 0.05) is 13.1 Å².